The van der Waals surface area contributed by atoms with Crippen molar-refractivity contribution in [3.05, 3.63) is 18.0 Å². The van der Waals surface area contributed by atoms with E-state index >= 15 is 0 Å². The Bertz CT molecular complexity index is 693. The summed E-state index contributed by atoms with van der Waals surface area (Å²) in [6.07, 6.45) is -3.82. The molecular formula is C13H17F3N6. The van der Waals surface area contributed by atoms with Crippen molar-refractivity contribution in [1.82, 2.24) is 19.8 Å². The highest BCUT2D eigenvalue weighted by Crippen LogP contribution is 2.31. The van der Waals surface area contributed by atoms with Crippen LogP contribution in [0.3, 0.4) is 0 Å². The van der Waals surface area contributed by atoms with Gasteiger partial charge >= 0.3 is 6.18 Å². The number of aromatic nitrogens is 4. The fraction of sp³-hybridized carbons (Fsp3) is 0.615. The fourth-order valence-corrected chi connectivity index (χ4v) is 2.69. The zero-order valence-electron chi connectivity index (χ0n) is 12.3. The van der Waals surface area contributed by atoms with Gasteiger partial charge in [-0.05, 0) is 24.0 Å². The highest BCUT2D eigenvalue weighted by atomic mass is 19.4. The van der Waals surface area contributed by atoms with Gasteiger partial charge in [0.15, 0.2) is 5.65 Å². The molecule has 0 spiro atoms. The number of anilines is 1. The van der Waals surface area contributed by atoms with Crippen LogP contribution in [0.1, 0.15) is 26.1 Å². The van der Waals surface area contributed by atoms with Gasteiger partial charge in [0.05, 0.1) is 0 Å². The predicted octanol–water partition coefficient (Wildman–Crippen LogP) is 1.71. The van der Waals surface area contributed by atoms with Crippen LogP contribution >= 0.6 is 0 Å². The number of hydrogen-bond acceptors (Lipinski definition) is 5. The lowest BCUT2D eigenvalue weighted by atomic mass is 9.80. The molecule has 0 amide bonds. The van der Waals surface area contributed by atoms with E-state index in [1.807, 2.05) is 18.7 Å². The molecule has 0 radical (unpaired) electrons. The Labute approximate surface area is 125 Å². The number of alkyl halides is 3. The fourth-order valence-electron chi connectivity index (χ4n) is 2.69. The quantitative estimate of drug-likeness (QED) is 0.867. The maximum absolute atomic E-state index is 12.9. The minimum absolute atomic E-state index is 0.0631. The molecule has 3 rings (SSSR count). The summed E-state index contributed by atoms with van der Waals surface area (Å²) in [5.41, 5.74) is 6.03. The minimum Gasteiger partial charge on any atom is -0.355 e. The van der Waals surface area contributed by atoms with Gasteiger partial charge in [0, 0.05) is 19.1 Å². The summed E-state index contributed by atoms with van der Waals surface area (Å²) >= 11 is 0. The van der Waals surface area contributed by atoms with Gasteiger partial charge in [-0.1, -0.05) is 13.8 Å². The van der Waals surface area contributed by atoms with Gasteiger partial charge in [0.2, 0.25) is 0 Å². The summed E-state index contributed by atoms with van der Waals surface area (Å²) in [4.78, 5) is 1.95. The first-order chi connectivity index (χ1) is 10.2. The van der Waals surface area contributed by atoms with Crippen molar-refractivity contribution < 1.29 is 13.2 Å². The van der Waals surface area contributed by atoms with Crippen LogP contribution < -0.4 is 10.6 Å². The molecule has 6 nitrogen and oxygen atoms in total. The lowest BCUT2D eigenvalue weighted by Gasteiger charge is -2.43. The second-order valence-corrected chi connectivity index (χ2v) is 6.29. The van der Waals surface area contributed by atoms with Gasteiger partial charge in [0.25, 0.3) is 5.82 Å². The van der Waals surface area contributed by atoms with Crippen LogP contribution in [0.25, 0.3) is 5.65 Å². The Balaban J connectivity index is 1.98. The Morgan fingerprint density at radius 2 is 2.00 bits per heavy atom. The number of nitrogens with two attached hydrogens (primary N) is 1. The molecule has 1 unspecified atom stereocenters. The standard InChI is InChI=1S/C13H17F3N6/c1-12(2)7-21(6-5-8(12)17)10-4-3-9-18-19-11(13(14,15)16)22(9)20-10/h3-4,8H,5-7,17H2,1-2H3. The molecular weight excluding hydrogens is 297 g/mol. The van der Waals surface area contributed by atoms with E-state index in [-0.39, 0.29) is 17.1 Å². The number of rotatable bonds is 1. The third kappa shape index (κ3) is 2.49. The number of nitrogens with zero attached hydrogens (tertiary/aromatic N) is 5. The van der Waals surface area contributed by atoms with Crippen LogP contribution in [0.2, 0.25) is 0 Å². The van der Waals surface area contributed by atoms with Gasteiger partial charge < -0.3 is 10.6 Å². The number of halogens is 3. The minimum atomic E-state index is -4.59. The van der Waals surface area contributed by atoms with Gasteiger partial charge in [0.1, 0.15) is 5.82 Å². The molecule has 1 fully saturated rings. The van der Waals surface area contributed by atoms with Crippen molar-refractivity contribution >= 4 is 11.5 Å². The van der Waals surface area contributed by atoms with Crippen LogP contribution in [0, 0.1) is 5.41 Å². The maximum Gasteiger partial charge on any atom is 0.453 e. The SMILES string of the molecule is CC1(C)CN(c2ccc3nnc(C(F)(F)F)n3n2)CCC1N. The first kappa shape index (κ1) is 15.0. The summed E-state index contributed by atoms with van der Waals surface area (Å²) in [5.74, 6) is -0.643. The Morgan fingerprint density at radius 1 is 1.27 bits per heavy atom. The molecule has 0 saturated carbocycles. The molecule has 1 aliphatic heterocycles. The van der Waals surface area contributed by atoms with Crippen molar-refractivity contribution in [3.63, 3.8) is 0 Å². The molecule has 0 aromatic carbocycles. The van der Waals surface area contributed by atoms with E-state index in [0.717, 1.165) is 10.9 Å². The molecule has 0 bridgehead atoms. The third-order valence-corrected chi connectivity index (χ3v) is 4.14. The average Bonchev–Trinajstić information content (AvgIpc) is 2.84. The normalized spacial score (nSPS) is 22.3. The van der Waals surface area contributed by atoms with Crippen LogP contribution in [-0.2, 0) is 6.18 Å². The van der Waals surface area contributed by atoms with E-state index < -0.39 is 12.0 Å². The molecule has 2 aromatic heterocycles. The zero-order valence-corrected chi connectivity index (χ0v) is 12.3. The molecule has 9 heteroatoms. The second kappa shape index (κ2) is 4.80. The number of hydrogen-bond donors (Lipinski definition) is 1. The lowest BCUT2D eigenvalue weighted by Crippen LogP contribution is -2.52. The third-order valence-electron chi connectivity index (χ3n) is 4.14. The smallest absolute Gasteiger partial charge is 0.355 e. The van der Waals surface area contributed by atoms with Gasteiger partial charge in [-0.25, -0.2) is 0 Å². The van der Waals surface area contributed by atoms with Crippen molar-refractivity contribution in [3.8, 4) is 0 Å². The van der Waals surface area contributed by atoms with Crippen molar-refractivity contribution in [2.24, 2.45) is 11.1 Å². The molecule has 2 aromatic rings. The van der Waals surface area contributed by atoms with E-state index in [1.54, 1.807) is 6.07 Å². The first-order valence-corrected chi connectivity index (χ1v) is 6.99. The molecule has 0 aliphatic carbocycles. The molecule has 2 N–H and O–H groups in total. The molecule has 1 atom stereocenters. The van der Waals surface area contributed by atoms with Crippen molar-refractivity contribution in [2.75, 3.05) is 18.0 Å². The van der Waals surface area contributed by atoms with Crippen LogP contribution in [0.15, 0.2) is 12.1 Å². The monoisotopic (exact) mass is 314 g/mol. The molecule has 120 valence electrons. The Morgan fingerprint density at radius 3 is 2.64 bits per heavy atom. The molecule has 3 heterocycles. The van der Waals surface area contributed by atoms with Gasteiger partial charge in [-0.3, -0.25) is 0 Å². The largest absolute Gasteiger partial charge is 0.453 e. The van der Waals surface area contributed by atoms with E-state index in [2.05, 4.69) is 15.3 Å². The number of fused-ring (bicyclic) bond motifs is 1. The average molecular weight is 314 g/mol. The van der Waals surface area contributed by atoms with Crippen LogP contribution in [-0.4, -0.2) is 38.9 Å². The summed E-state index contributed by atoms with van der Waals surface area (Å²) in [5, 5.41) is 10.8. The summed E-state index contributed by atoms with van der Waals surface area (Å²) in [7, 11) is 0. The van der Waals surface area contributed by atoms with Crippen LogP contribution in [0.4, 0.5) is 19.0 Å². The second-order valence-electron chi connectivity index (χ2n) is 6.29. The van der Waals surface area contributed by atoms with Crippen molar-refractivity contribution in [1.29, 1.82) is 0 Å². The predicted molar refractivity (Wildman–Crippen MR) is 74.4 cm³/mol. The number of piperidine rings is 1. The van der Waals surface area contributed by atoms with E-state index in [1.165, 1.54) is 6.07 Å². The van der Waals surface area contributed by atoms with Gasteiger partial charge in [-0.15, -0.1) is 15.3 Å². The van der Waals surface area contributed by atoms with Crippen molar-refractivity contribution in [2.45, 2.75) is 32.5 Å². The van der Waals surface area contributed by atoms with E-state index in [0.29, 0.717) is 18.9 Å². The Kier molecular flexibility index (Phi) is 3.28. The Hall–Kier alpha value is -1.90. The molecule has 1 aliphatic rings. The van der Waals surface area contributed by atoms with Crippen LogP contribution in [0.5, 0.6) is 0 Å². The van der Waals surface area contributed by atoms with E-state index in [4.69, 9.17) is 5.73 Å². The highest BCUT2D eigenvalue weighted by Gasteiger charge is 2.38. The summed E-state index contributed by atoms with van der Waals surface area (Å²) in [6, 6.07) is 3.22. The summed E-state index contributed by atoms with van der Waals surface area (Å²) < 4.78 is 39.5. The first-order valence-electron chi connectivity index (χ1n) is 6.99. The lowest BCUT2D eigenvalue weighted by molar-refractivity contribution is -0.146. The van der Waals surface area contributed by atoms with E-state index in [9.17, 15) is 13.2 Å². The molecule has 1 saturated heterocycles. The summed E-state index contributed by atoms with van der Waals surface area (Å²) in [6.45, 7) is 5.38. The van der Waals surface area contributed by atoms with Gasteiger partial charge in [-0.2, -0.15) is 17.7 Å². The highest BCUT2D eigenvalue weighted by molar-refractivity contribution is 5.46. The maximum atomic E-state index is 12.9. The zero-order chi connectivity index (χ0) is 16.1. The molecule has 22 heavy (non-hydrogen) atoms. The topological polar surface area (TPSA) is 72.3 Å².